The van der Waals surface area contributed by atoms with Crippen molar-refractivity contribution < 1.29 is 4.74 Å². The van der Waals surface area contributed by atoms with Gasteiger partial charge in [-0.25, -0.2) is 0 Å². The Hall–Kier alpha value is -0.0800. The van der Waals surface area contributed by atoms with Crippen LogP contribution in [0.5, 0.6) is 0 Å². The summed E-state index contributed by atoms with van der Waals surface area (Å²) >= 11 is 0. The molecule has 1 heterocycles. The fourth-order valence-electron chi connectivity index (χ4n) is 2.06. The van der Waals surface area contributed by atoms with Crippen molar-refractivity contribution in [3.8, 4) is 0 Å². The minimum absolute atomic E-state index is 0.549. The van der Waals surface area contributed by atoms with Crippen LogP contribution in [0.3, 0.4) is 0 Å². The molecule has 0 aromatic heterocycles. The predicted octanol–water partition coefficient (Wildman–Crippen LogP) is 2.97. The van der Waals surface area contributed by atoms with E-state index >= 15 is 0 Å². The van der Waals surface area contributed by atoms with Crippen molar-refractivity contribution in [1.82, 2.24) is 5.32 Å². The first-order valence-corrected chi connectivity index (χ1v) is 6.61. The zero-order valence-corrected chi connectivity index (χ0v) is 10.4. The van der Waals surface area contributed by atoms with Crippen LogP contribution < -0.4 is 5.32 Å². The summed E-state index contributed by atoms with van der Waals surface area (Å²) in [6.45, 7) is 7.89. The molecule has 0 aromatic carbocycles. The molecule has 1 fully saturated rings. The van der Waals surface area contributed by atoms with Crippen molar-refractivity contribution in [3.63, 3.8) is 0 Å². The predicted molar refractivity (Wildman–Crippen MR) is 65.1 cm³/mol. The summed E-state index contributed by atoms with van der Waals surface area (Å²) in [6, 6.07) is 0. The summed E-state index contributed by atoms with van der Waals surface area (Å²) in [5.41, 5.74) is 0. The Balaban J connectivity index is 1.76. The molecule has 1 unspecified atom stereocenters. The molecule has 1 aliphatic rings. The second kappa shape index (κ2) is 8.12. The minimum Gasteiger partial charge on any atom is -0.378 e. The van der Waals surface area contributed by atoms with E-state index in [4.69, 9.17) is 4.74 Å². The molecule has 1 rings (SSSR count). The van der Waals surface area contributed by atoms with Gasteiger partial charge in [0.15, 0.2) is 0 Å². The van der Waals surface area contributed by atoms with Gasteiger partial charge in [-0.1, -0.05) is 26.7 Å². The maximum absolute atomic E-state index is 5.57. The Morgan fingerprint density at radius 2 is 2.13 bits per heavy atom. The van der Waals surface area contributed by atoms with Gasteiger partial charge in [-0.15, -0.1) is 0 Å². The molecule has 2 nitrogen and oxygen atoms in total. The van der Waals surface area contributed by atoms with Gasteiger partial charge in [-0.3, -0.25) is 0 Å². The third kappa shape index (κ3) is 6.91. The fraction of sp³-hybridized carbons (Fsp3) is 1.00. The molecule has 0 spiro atoms. The minimum atomic E-state index is 0.549. The molecule has 0 saturated carbocycles. The highest BCUT2D eigenvalue weighted by Gasteiger charge is 2.13. The molecule has 1 aliphatic heterocycles. The van der Waals surface area contributed by atoms with Crippen molar-refractivity contribution in [1.29, 1.82) is 0 Å². The highest BCUT2D eigenvalue weighted by molar-refractivity contribution is 4.65. The van der Waals surface area contributed by atoms with Crippen LogP contribution in [0.25, 0.3) is 0 Å². The third-order valence-corrected chi connectivity index (χ3v) is 3.05. The SMILES string of the molecule is CC(C)CCCCNCCC1CCCO1. The first-order chi connectivity index (χ1) is 7.29. The summed E-state index contributed by atoms with van der Waals surface area (Å²) in [7, 11) is 0. The van der Waals surface area contributed by atoms with Crippen molar-refractivity contribution in [3.05, 3.63) is 0 Å². The Kier molecular flexibility index (Phi) is 7.03. The second-order valence-corrected chi connectivity index (χ2v) is 5.06. The molecule has 15 heavy (non-hydrogen) atoms. The van der Waals surface area contributed by atoms with Gasteiger partial charge >= 0.3 is 0 Å². The van der Waals surface area contributed by atoms with E-state index < -0.39 is 0 Å². The quantitative estimate of drug-likeness (QED) is 0.626. The molecule has 1 saturated heterocycles. The smallest absolute Gasteiger partial charge is 0.0588 e. The summed E-state index contributed by atoms with van der Waals surface area (Å²) in [5, 5.41) is 3.51. The van der Waals surface area contributed by atoms with E-state index in [0.717, 1.165) is 19.1 Å². The summed E-state index contributed by atoms with van der Waals surface area (Å²) < 4.78 is 5.57. The molecule has 90 valence electrons. The largest absolute Gasteiger partial charge is 0.378 e. The summed E-state index contributed by atoms with van der Waals surface area (Å²) in [6.07, 6.45) is 8.34. The fourth-order valence-corrected chi connectivity index (χ4v) is 2.06. The number of rotatable bonds is 8. The van der Waals surface area contributed by atoms with Crippen LogP contribution >= 0.6 is 0 Å². The van der Waals surface area contributed by atoms with Crippen molar-refractivity contribution >= 4 is 0 Å². The molecular formula is C13H27NO. The molecule has 0 aromatic rings. The van der Waals surface area contributed by atoms with Crippen LogP contribution in [0, 0.1) is 5.92 Å². The van der Waals surface area contributed by atoms with E-state index in [9.17, 15) is 0 Å². The monoisotopic (exact) mass is 213 g/mol. The first-order valence-electron chi connectivity index (χ1n) is 6.61. The highest BCUT2D eigenvalue weighted by atomic mass is 16.5. The number of hydrogen-bond donors (Lipinski definition) is 1. The summed E-state index contributed by atoms with van der Waals surface area (Å²) in [5.74, 6) is 0.858. The second-order valence-electron chi connectivity index (χ2n) is 5.06. The van der Waals surface area contributed by atoms with E-state index in [1.54, 1.807) is 0 Å². The Morgan fingerprint density at radius 1 is 1.27 bits per heavy atom. The Labute approximate surface area is 94.8 Å². The average Bonchev–Trinajstić information content (AvgIpc) is 2.68. The lowest BCUT2D eigenvalue weighted by atomic mass is 10.1. The third-order valence-electron chi connectivity index (χ3n) is 3.05. The lowest BCUT2D eigenvalue weighted by molar-refractivity contribution is 0.104. The summed E-state index contributed by atoms with van der Waals surface area (Å²) in [4.78, 5) is 0. The van der Waals surface area contributed by atoms with E-state index in [-0.39, 0.29) is 0 Å². The van der Waals surface area contributed by atoms with Gasteiger partial charge in [0, 0.05) is 6.61 Å². The van der Waals surface area contributed by atoms with Crippen LogP contribution in [0.4, 0.5) is 0 Å². The highest BCUT2D eigenvalue weighted by Crippen LogP contribution is 2.14. The van der Waals surface area contributed by atoms with Gasteiger partial charge in [-0.05, 0) is 44.7 Å². The van der Waals surface area contributed by atoms with Gasteiger partial charge in [0.1, 0.15) is 0 Å². The van der Waals surface area contributed by atoms with Gasteiger partial charge < -0.3 is 10.1 Å². The standard InChI is InChI=1S/C13H27NO/c1-12(2)6-3-4-9-14-10-8-13-7-5-11-15-13/h12-14H,3-11H2,1-2H3. The van der Waals surface area contributed by atoms with Crippen LogP contribution in [-0.2, 0) is 4.74 Å². The molecule has 2 heteroatoms. The zero-order chi connectivity index (χ0) is 10.9. The van der Waals surface area contributed by atoms with E-state index in [0.29, 0.717) is 6.10 Å². The van der Waals surface area contributed by atoms with E-state index in [1.165, 1.54) is 45.1 Å². The number of hydrogen-bond acceptors (Lipinski definition) is 2. The first kappa shape index (κ1) is 13.0. The molecule has 0 amide bonds. The molecule has 1 atom stereocenters. The van der Waals surface area contributed by atoms with E-state index in [1.807, 2.05) is 0 Å². The molecule has 0 radical (unpaired) electrons. The number of unbranched alkanes of at least 4 members (excludes halogenated alkanes) is 1. The zero-order valence-electron chi connectivity index (χ0n) is 10.4. The van der Waals surface area contributed by atoms with Crippen LogP contribution in [-0.4, -0.2) is 25.8 Å². The van der Waals surface area contributed by atoms with E-state index in [2.05, 4.69) is 19.2 Å². The topological polar surface area (TPSA) is 21.3 Å². The lowest BCUT2D eigenvalue weighted by Gasteiger charge is -2.10. The molecule has 0 bridgehead atoms. The molecule has 0 aliphatic carbocycles. The van der Waals surface area contributed by atoms with Crippen LogP contribution in [0.2, 0.25) is 0 Å². The lowest BCUT2D eigenvalue weighted by Crippen LogP contribution is -2.21. The molecular weight excluding hydrogens is 186 g/mol. The average molecular weight is 213 g/mol. The van der Waals surface area contributed by atoms with Crippen molar-refractivity contribution in [2.45, 2.75) is 58.5 Å². The van der Waals surface area contributed by atoms with Crippen molar-refractivity contribution in [2.24, 2.45) is 5.92 Å². The Morgan fingerprint density at radius 3 is 2.80 bits per heavy atom. The van der Waals surface area contributed by atoms with Gasteiger partial charge in [0.2, 0.25) is 0 Å². The van der Waals surface area contributed by atoms with Gasteiger partial charge in [0.05, 0.1) is 6.10 Å². The normalized spacial score (nSPS) is 21.4. The number of nitrogens with one attached hydrogen (secondary N) is 1. The molecule has 1 N–H and O–H groups in total. The van der Waals surface area contributed by atoms with Gasteiger partial charge in [0.25, 0.3) is 0 Å². The van der Waals surface area contributed by atoms with Crippen LogP contribution in [0.1, 0.15) is 52.4 Å². The Bertz CT molecular complexity index is 141. The van der Waals surface area contributed by atoms with Crippen molar-refractivity contribution in [2.75, 3.05) is 19.7 Å². The maximum atomic E-state index is 5.57. The number of ether oxygens (including phenoxy) is 1. The maximum Gasteiger partial charge on any atom is 0.0588 e. The van der Waals surface area contributed by atoms with Gasteiger partial charge in [-0.2, -0.15) is 0 Å². The van der Waals surface area contributed by atoms with Crippen LogP contribution in [0.15, 0.2) is 0 Å².